The van der Waals surface area contributed by atoms with Gasteiger partial charge in [-0.1, -0.05) is 53.4 Å². The average molecular weight is 317 g/mol. The Kier molecular flexibility index (Phi) is 4.89. The molecule has 2 rings (SSSR count). The first-order chi connectivity index (χ1) is 8.20. The van der Waals surface area contributed by atoms with E-state index in [2.05, 4.69) is 34.2 Å². The Labute approximate surface area is 117 Å². The van der Waals surface area contributed by atoms with Gasteiger partial charge in [-0.15, -0.1) is 0 Å². The minimum Gasteiger partial charge on any atom is -0.310 e. The highest BCUT2D eigenvalue weighted by Crippen LogP contribution is 2.37. The zero-order chi connectivity index (χ0) is 12.3. The fourth-order valence-corrected chi connectivity index (χ4v) is 3.17. The number of hydrogen-bond donors (Lipinski definition) is 1. The zero-order valence-corrected chi connectivity index (χ0v) is 12.5. The molecule has 1 aliphatic carbocycles. The summed E-state index contributed by atoms with van der Waals surface area (Å²) in [4.78, 5) is 0. The first-order valence-electron chi connectivity index (χ1n) is 6.39. The van der Waals surface area contributed by atoms with Gasteiger partial charge in [0, 0.05) is 15.5 Å². The molecule has 3 heteroatoms. The Hall–Kier alpha value is -0.0500. The molecule has 1 aromatic carbocycles. The maximum atomic E-state index is 5.99. The van der Waals surface area contributed by atoms with Crippen molar-refractivity contribution in [1.82, 2.24) is 5.32 Å². The fraction of sp³-hybridized carbons (Fsp3) is 0.571. The van der Waals surface area contributed by atoms with Crippen molar-refractivity contribution in [3.05, 3.63) is 33.3 Å². The van der Waals surface area contributed by atoms with Crippen LogP contribution in [0.5, 0.6) is 0 Å². The summed E-state index contributed by atoms with van der Waals surface area (Å²) in [5, 5.41) is 4.36. The Balaban J connectivity index is 2.06. The molecule has 0 amide bonds. The summed E-state index contributed by atoms with van der Waals surface area (Å²) in [6, 6.07) is 6.54. The lowest BCUT2D eigenvalue weighted by molar-refractivity contribution is 0.480. The Morgan fingerprint density at radius 1 is 1.47 bits per heavy atom. The molecule has 1 N–H and O–H groups in total. The van der Waals surface area contributed by atoms with Crippen molar-refractivity contribution in [1.29, 1.82) is 0 Å². The van der Waals surface area contributed by atoms with E-state index in [-0.39, 0.29) is 0 Å². The van der Waals surface area contributed by atoms with E-state index in [0.717, 1.165) is 22.0 Å². The molecule has 1 nitrogen and oxygen atoms in total. The second-order valence-corrected chi connectivity index (χ2v) is 6.09. The quantitative estimate of drug-likeness (QED) is 0.783. The van der Waals surface area contributed by atoms with Crippen LogP contribution in [0.4, 0.5) is 0 Å². The van der Waals surface area contributed by atoms with Gasteiger partial charge in [-0.3, -0.25) is 0 Å². The first-order valence-corrected chi connectivity index (χ1v) is 7.56. The minimum absolute atomic E-state index is 0.451. The highest BCUT2D eigenvalue weighted by atomic mass is 79.9. The third-order valence-corrected chi connectivity index (χ3v) is 4.27. The summed E-state index contributed by atoms with van der Waals surface area (Å²) >= 11 is 9.60. The van der Waals surface area contributed by atoms with E-state index in [0.29, 0.717) is 6.04 Å². The average Bonchev–Trinajstić information content (AvgIpc) is 3.09. The molecule has 0 spiro atoms. The van der Waals surface area contributed by atoms with Crippen LogP contribution in [0.15, 0.2) is 22.7 Å². The van der Waals surface area contributed by atoms with Crippen molar-refractivity contribution < 1.29 is 0 Å². The number of halogens is 2. The lowest BCUT2D eigenvalue weighted by Crippen LogP contribution is -2.21. The molecule has 94 valence electrons. The Morgan fingerprint density at radius 3 is 2.82 bits per heavy atom. The van der Waals surface area contributed by atoms with Crippen molar-refractivity contribution >= 4 is 27.5 Å². The van der Waals surface area contributed by atoms with Gasteiger partial charge in [0.2, 0.25) is 0 Å². The van der Waals surface area contributed by atoms with Gasteiger partial charge in [-0.05, 0) is 43.0 Å². The second-order valence-electron chi connectivity index (χ2n) is 4.80. The molecule has 1 fully saturated rings. The smallest absolute Gasteiger partial charge is 0.0417 e. The van der Waals surface area contributed by atoms with E-state index < -0.39 is 0 Å². The number of nitrogens with one attached hydrogen (secondary N) is 1. The fourth-order valence-electron chi connectivity index (χ4n) is 2.21. The summed E-state index contributed by atoms with van der Waals surface area (Å²) in [6.45, 7) is 3.17. The zero-order valence-electron chi connectivity index (χ0n) is 10.2. The predicted molar refractivity (Wildman–Crippen MR) is 77.5 cm³/mol. The lowest BCUT2D eigenvalue weighted by atomic mass is 10.0. The minimum atomic E-state index is 0.451. The number of rotatable bonds is 6. The van der Waals surface area contributed by atoms with Crippen LogP contribution in [0.2, 0.25) is 5.02 Å². The van der Waals surface area contributed by atoms with E-state index in [9.17, 15) is 0 Å². The molecule has 0 saturated heterocycles. The van der Waals surface area contributed by atoms with E-state index in [1.54, 1.807) is 0 Å². The van der Waals surface area contributed by atoms with Gasteiger partial charge in [0.1, 0.15) is 0 Å². The molecule has 0 aromatic heterocycles. The van der Waals surface area contributed by atoms with Crippen LogP contribution in [0.25, 0.3) is 0 Å². The van der Waals surface area contributed by atoms with Crippen LogP contribution >= 0.6 is 27.5 Å². The van der Waals surface area contributed by atoms with Gasteiger partial charge in [0.05, 0.1) is 0 Å². The van der Waals surface area contributed by atoms with Gasteiger partial charge in [0.15, 0.2) is 0 Å². The van der Waals surface area contributed by atoms with Gasteiger partial charge in [0.25, 0.3) is 0 Å². The standard InChI is InChI=1S/C14H19BrClN/c1-2-17-14(8-5-10-3-4-10)12-7-6-11(16)9-13(12)15/h6-7,9-10,14,17H,2-5,8H2,1H3. The summed E-state index contributed by atoms with van der Waals surface area (Å²) in [6.07, 6.45) is 5.42. The molecule has 17 heavy (non-hydrogen) atoms. The molecule has 1 aliphatic rings. The van der Waals surface area contributed by atoms with Gasteiger partial charge in [-0.25, -0.2) is 0 Å². The molecular formula is C14H19BrClN. The molecule has 0 radical (unpaired) electrons. The van der Waals surface area contributed by atoms with Crippen molar-refractivity contribution in [2.75, 3.05) is 6.54 Å². The second kappa shape index (κ2) is 6.21. The number of benzene rings is 1. The molecule has 0 aliphatic heterocycles. The van der Waals surface area contributed by atoms with Crippen molar-refractivity contribution in [3.8, 4) is 0 Å². The summed E-state index contributed by atoms with van der Waals surface area (Å²) < 4.78 is 1.12. The lowest BCUT2D eigenvalue weighted by Gasteiger charge is -2.20. The van der Waals surface area contributed by atoms with Crippen molar-refractivity contribution in [3.63, 3.8) is 0 Å². The topological polar surface area (TPSA) is 12.0 Å². The highest BCUT2D eigenvalue weighted by molar-refractivity contribution is 9.10. The van der Waals surface area contributed by atoms with Crippen LogP contribution in [-0.4, -0.2) is 6.54 Å². The third kappa shape index (κ3) is 3.97. The first kappa shape index (κ1) is 13.4. The van der Waals surface area contributed by atoms with Gasteiger partial charge < -0.3 is 5.32 Å². The Bertz CT molecular complexity index is 376. The highest BCUT2D eigenvalue weighted by Gasteiger charge is 2.23. The Morgan fingerprint density at radius 2 is 2.24 bits per heavy atom. The molecule has 0 heterocycles. The van der Waals surface area contributed by atoms with Crippen LogP contribution in [0, 0.1) is 5.92 Å². The molecule has 1 aromatic rings. The third-order valence-electron chi connectivity index (χ3n) is 3.35. The van der Waals surface area contributed by atoms with Gasteiger partial charge >= 0.3 is 0 Å². The monoisotopic (exact) mass is 315 g/mol. The van der Waals surface area contributed by atoms with Gasteiger partial charge in [-0.2, -0.15) is 0 Å². The molecule has 1 saturated carbocycles. The normalized spacial score (nSPS) is 17.1. The molecule has 1 unspecified atom stereocenters. The molecular weight excluding hydrogens is 298 g/mol. The van der Waals surface area contributed by atoms with Crippen LogP contribution in [-0.2, 0) is 0 Å². The summed E-state index contributed by atoms with van der Waals surface area (Å²) in [7, 11) is 0. The molecule has 0 bridgehead atoms. The van der Waals surface area contributed by atoms with Crippen molar-refractivity contribution in [2.45, 2.75) is 38.6 Å². The van der Waals surface area contributed by atoms with Crippen LogP contribution in [0.3, 0.4) is 0 Å². The predicted octanol–water partition coefficient (Wildman–Crippen LogP) is 4.94. The number of hydrogen-bond acceptors (Lipinski definition) is 1. The van der Waals surface area contributed by atoms with Crippen molar-refractivity contribution in [2.24, 2.45) is 5.92 Å². The molecule has 1 atom stereocenters. The van der Waals surface area contributed by atoms with Crippen LogP contribution < -0.4 is 5.32 Å². The maximum Gasteiger partial charge on any atom is 0.0417 e. The van der Waals surface area contributed by atoms with E-state index in [4.69, 9.17) is 11.6 Å². The SMILES string of the molecule is CCNC(CCC1CC1)c1ccc(Cl)cc1Br. The maximum absolute atomic E-state index is 5.99. The largest absolute Gasteiger partial charge is 0.310 e. The summed E-state index contributed by atoms with van der Waals surface area (Å²) in [5.41, 5.74) is 1.33. The van der Waals surface area contributed by atoms with E-state index >= 15 is 0 Å². The van der Waals surface area contributed by atoms with Crippen LogP contribution in [0.1, 0.15) is 44.2 Å². The van der Waals surface area contributed by atoms with E-state index in [1.165, 1.54) is 31.2 Å². The van der Waals surface area contributed by atoms with E-state index in [1.807, 2.05) is 12.1 Å². The summed E-state index contributed by atoms with van der Waals surface area (Å²) in [5.74, 6) is 0.988.